The van der Waals surface area contributed by atoms with Crippen LogP contribution in [0.1, 0.15) is 26.5 Å². The minimum absolute atomic E-state index is 0.0365. The van der Waals surface area contributed by atoms with E-state index in [1.165, 1.54) is 0 Å². The van der Waals surface area contributed by atoms with Crippen LogP contribution >= 0.6 is 11.6 Å². The molecule has 1 fully saturated rings. The van der Waals surface area contributed by atoms with Gasteiger partial charge < -0.3 is 19.9 Å². The third kappa shape index (κ3) is 5.29. The van der Waals surface area contributed by atoms with E-state index in [0.717, 1.165) is 18.1 Å². The maximum atomic E-state index is 13.0. The molecule has 0 atom stereocenters. The first-order valence-corrected chi connectivity index (χ1v) is 10.2. The van der Waals surface area contributed by atoms with Crippen LogP contribution in [0.2, 0.25) is 5.02 Å². The predicted octanol–water partition coefficient (Wildman–Crippen LogP) is 3.38. The van der Waals surface area contributed by atoms with Crippen LogP contribution in [0.3, 0.4) is 0 Å². The highest BCUT2D eigenvalue weighted by Crippen LogP contribution is 2.23. The molecular weight excluding hydrogens is 390 g/mol. The number of carbonyl (C=O) groups is 1. The van der Waals surface area contributed by atoms with Crippen molar-refractivity contribution in [2.24, 2.45) is 0 Å². The number of benzene rings is 1. The van der Waals surface area contributed by atoms with Crippen LogP contribution in [-0.4, -0.2) is 59.1 Å². The summed E-state index contributed by atoms with van der Waals surface area (Å²) in [4.78, 5) is 26.1. The van der Waals surface area contributed by atoms with Crippen LogP contribution in [0, 0.1) is 6.92 Å². The SMILES string of the molecule is CCNc1cc(C)nc(N2CCN(C(=O)C(C)(C)Oc3ccc(Cl)cc3)CC2)n1. The first-order chi connectivity index (χ1) is 13.8. The van der Waals surface area contributed by atoms with Crippen molar-refractivity contribution >= 4 is 29.3 Å². The number of aromatic nitrogens is 2. The van der Waals surface area contributed by atoms with E-state index in [9.17, 15) is 4.79 Å². The van der Waals surface area contributed by atoms with Gasteiger partial charge in [-0.25, -0.2) is 4.98 Å². The quantitative estimate of drug-likeness (QED) is 0.776. The molecule has 0 bridgehead atoms. The van der Waals surface area contributed by atoms with Gasteiger partial charge in [0.25, 0.3) is 5.91 Å². The van der Waals surface area contributed by atoms with Gasteiger partial charge in [0.05, 0.1) is 0 Å². The average molecular weight is 418 g/mol. The largest absolute Gasteiger partial charge is 0.478 e. The highest BCUT2D eigenvalue weighted by atomic mass is 35.5. The number of amides is 1. The molecule has 0 unspecified atom stereocenters. The first-order valence-electron chi connectivity index (χ1n) is 9.87. The molecular formula is C21H28ClN5O2. The molecule has 0 saturated carbocycles. The van der Waals surface area contributed by atoms with Crippen molar-refractivity contribution in [2.45, 2.75) is 33.3 Å². The number of hydrogen-bond donors (Lipinski definition) is 1. The molecule has 1 aliphatic heterocycles. The second-order valence-electron chi connectivity index (χ2n) is 7.57. The summed E-state index contributed by atoms with van der Waals surface area (Å²) in [7, 11) is 0. The molecule has 0 spiro atoms. The van der Waals surface area contributed by atoms with Gasteiger partial charge >= 0.3 is 0 Å². The molecule has 1 aromatic heterocycles. The molecule has 7 nitrogen and oxygen atoms in total. The summed E-state index contributed by atoms with van der Waals surface area (Å²) >= 11 is 5.92. The Morgan fingerprint density at radius 1 is 1.17 bits per heavy atom. The van der Waals surface area contributed by atoms with Gasteiger partial charge in [0, 0.05) is 49.5 Å². The van der Waals surface area contributed by atoms with Crippen molar-refractivity contribution in [3.05, 3.63) is 41.0 Å². The molecule has 8 heteroatoms. The minimum Gasteiger partial charge on any atom is -0.478 e. The number of piperazine rings is 1. The highest BCUT2D eigenvalue weighted by molar-refractivity contribution is 6.30. The molecule has 1 saturated heterocycles. The Morgan fingerprint density at radius 3 is 2.45 bits per heavy atom. The Balaban J connectivity index is 1.62. The molecule has 3 rings (SSSR count). The summed E-state index contributed by atoms with van der Waals surface area (Å²) in [6, 6.07) is 8.97. The summed E-state index contributed by atoms with van der Waals surface area (Å²) in [6.07, 6.45) is 0. The fourth-order valence-corrected chi connectivity index (χ4v) is 3.42. The van der Waals surface area contributed by atoms with E-state index < -0.39 is 5.60 Å². The van der Waals surface area contributed by atoms with Crippen LogP contribution in [0.25, 0.3) is 0 Å². The summed E-state index contributed by atoms with van der Waals surface area (Å²) in [5.74, 6) is 2.11. The Labute approximate surface area is 177 Å². The molecule has 0 radical (unpaired) electrons. The smallest absolute Gasteiger partial charge is 0.266 e. The van der Waals surface area contributed by atoms with E-state index in [0.29, 0.717) is 42.9 Å². The second kappa shape index (κ2) is 8.86. The van der Waals surface area contributed by atoms with E-state index in [1.807, 2.05) is 24.8 Å². The molecule has 0 aliphatic carbocycles. The predicted molar refractivity (Wildman–Crippen MR) is 116 cm³/mol. The average Bonchev–Trinajstić information content (AvgIpc) is 2.69. The summed E-state index contributed by atoms with van der Waals surface area (Å²) in [5, 5.41) is 3.87. The number of ether oxygens (including phenoxy) is 1. The molecule has 1 N–H and O–H groups in total. The summed E-state index contributed by atoms with van der Waals surface area (Å²) in [6.45, 7) is 10.9. The Bertz CT molecular complexity index is 849. The van der Waals surface area contributed by atoms with Crippen molar-refractivity contribution in [1.29, 1.82) is 0 Å². The van der Waals surface area contributed by atoms with Crippen molar-refractivity contribution in [3.8, 4) is 5.75 Å². The Hall–Kier alpha value is -2.54. The Morgan fingerprint density at radius 2 is 1.83 bits per heavy atom. The third-order valence-corrected chi connectivity index (χ3v) is 5.00. The van der Waals surface area contributed by atoms with Gasteiger partial charge in [0.1, 0.15) is 11.6 Å². The summed E-state index contributed by atoms with van der Waals surface area (Å²) < 4.78 is 5.95. The van der Waals surface area contributed by atoms with E-state index >= 15 is 0 Å². The zero-order valence-corrected chi connectivity index (χ0v) is 18.2. The van der Waals surface area contributed by atoms with Gasteiger partial charge in [-0.05, 0) is 52.0 Å². The molecule has 1 aliphatic rings. The van der Waals surface area contributed by atoms with Crippen molar-refractivity contribution in [2.75, 3.05) is 42.9 Å². The van der Waals surface area contributed by atoms with E-state index in [2.05, 4.69) is 20.2 Å². The summed E-state index contributed by atoms with van der Waals surface area (Å²) in [5.41, 5.74) is -0.0458. The van der Waals surface area contributed by atoms with Gasteiger partial charge in [-0.2, -0.15) is 4.98 Å². The van der Waals surface area contributed by atoms with E-state index in [-0.39, 0.29) is 5.91 Å². The lowest BCUT2D eigenvalue weighted by atomic mass is 10.1. The molecule has 29 heavy (non-hydrogen) atoms. The number of hydrogen-bond acceptors (Lipinski definition) is 6. The van der Waals surface area contributed by atoms with Gasteiger partial charge in [-0.1, -0.05) is 11.6 Å². The maximum Gasteiger partial charge on any atom is 0.266 e. The fourth-order valence-electron chi connectivity index (χ4n) is 3.30. The Kier molecular flexibility index (Phi) is 6.47. The highest BCUT2D eigenvalue weighted by Gasteiger charge is 2.36. The lowest BCUT2D eigenvalue weighted by Crippen LogP contribution is -2.56. The molecule has 2 heterocycles. The topological polar surface area (TPSA) is 70.6 Å². The van der Waals surface area contributed by atoms with Crippen LogP contribution in [-0.2, 0) is 4.79 Å². The zero-order valence-electron chi connectivity index (χ0n) is 17.4. The minimum atomic E-state index is -0.964. The lowest BCUT2D eigenvalue weighted by molar-refractivity contribution is -0.145. The molecule has 156 valence electrons. The lowest BCUT2D eigenvalue weighted by Gasteiger charge is -2.38. The third-order valence-electron chi connectivity index (χ3n) is 4.75. The second-order valence-corrected chi connectivity index (χ2v) is 8.01. The molecule has 2 aromatic rings. The van der Waals surface area contributed by atoms with Crippen molar-refractivity contribution < 1.29 is 9.53 Å². The number of aryl methyl sites for hydroxylation is 1. The fraction of sp³-hybridized carbons (Fsp3) is 0.476. The standard InChI is InChI=1S/C21H28ClN5O2/c1-5-23-18-14-15(2)24-20(25-18)27-12-10-26(11-13-27)19(28)21(3,4)29-17-8-6-16(22)7-9-17/h6-9,14H,5,10-13H2,1-4H3,(H,23,24,25). The number of anilines is 2. The number of halogens is 1. The van der Waals surface area contributed by atoms with Gasteiger partial charge in [0.15, 0.2) is 5.60 Å². The van der Waals surface area contributed by atoms with Crippen molar-refractivity contribution in [3.63, 3.8) is 0 Å². The van der Waals surface area contributed by atoms with Gasteiger partial charge in [-0.3, -0.25) is 4.79 Å². The van der Waals surface area contributed by atoms with Crippen molar-refractivity contribution in [1.82, 2.24) is 14.9 Å². The van der Waals surface area contributed by atoms with Crippen LogP contribution in [0.15, 0.2) is 30.3 Å². The maximum absolute atomic E-state index is 13.0. The van der Waals surface area contributed by atoms with Crippen LogP contribution in [0.4, 0.5) is 11.8 Å². The number of nitrogens with zero attached hydrogens (tertiary/aromatic N) is 4. The number of nitrogens with one attached hydrogen (secondary N) is 1. The molecule has 1 amide bonds. The zero-order chi connectivity index (χ0) is 21.0. The monoisotopic (exact) mass is 417 g/mol. The number of carbonyl (C=O) groups excluding carboxylic acids is 1. The number of rotatable bonds is 6. The molecule has 1 aromatic carbocycles. The van der Waals surface area contributed by atoms with Gasteiger partial charge in [-0.15, -0.1) is 0 Å². The first kappa shape index (κ1) is 21.2. The van der Waals surface area contributed by atoms with E-state index in [1.54, 1.807) is 38.1 Å². The van der Waals surface area contributed by atoms with Crippen LogP contribution in [0.5, 0.6) is 5.75 Å². The van der Waals surface area contributed by atoms with E-state index in [4.69, 9.17) is 16.3 Å². The van der Waals surface area contributed by atoms with Gasteiger partial charge in [0.2, 0.25) is 5.95 Å². The van der Waals surface area contributed by atoms with Crippen LogP contribution < -0.4 is 15.0 Å². The normalized spacial score (nSPS) is 14.7.